The Morgan fingerprint density at radius 1 is 1.12 bits per heavy atom. The quantitative estimate of drug-likeness (QED) is 0.597. The molecular weight excluding hydrogens is 334 g/mol. The summed E-state index contributed by atoms with van der Waals surface area (Å²) in [6.07, 6.45) is 1.89. The predicted octanol–water partition coefficient (Wildman–Crippen LogP) is 4.32. The van der Waals surface area contributed by atoms with Crippen LogP contribution in [0.15, 0.2) is 66.2 Å². The third kappa shape index (κ3) is 2.88. The Hall–Kier alpha value is -3.12. The number of hydrogen-bond donors (Lipinski definition) is 1. The van der Waals surface area contributed by atoms with Crippen molar-refractivity contribution in [2.75, 3.05) is 12.4 Å². The van der Waals surface area contributed by atoms with Gasteiger partial charge in [0.2, 0.25) is 0 Å². The summed E-state index contributed by atoms with van der Waals surface area (Å²) in [6, 6.07) is 17.2. The topological polar surface area (TPSA) is 55.6 Å². The molecule has 0 radical (unpaired) electrons. The molecule has 4 rings (SSSR count). The molecule has 0 fully saturated rings. The number of para-hydroxylation sites is 2. The Balaban J connectivity index is 1.67. The van der Waals surface area contributed by atoms with Gasteiger partial charge in [-0.15, -0.1) is 11.3 Å². The maximum atomic E-state index is 12.7. The van der Waals surface area contributed by atoms with Gasteiger partial charge in [-0.1, -0.05) is 42.5 Å². The van der Waals surface area contributed by atoms with E-state index in [-0.39, 0.29) is 5.91 Å². The predicted molar refractivity (Wildman–Crippen MR) is 99.5 cm³/mol. The van der Waals surface area contributed by atoms with Gasteiger partial charge in [0.1, 0.15) is 11.4 Å². The monoisotopic (exact) mass is 349 g/mol. The van der Waals surface area contributed by atoms with Crippen molar-refractivity contribution < 1.29 is 9.53 Å². The van der Waals surface area contributed by atoms with Gasteiger partial charge in [-0.25, -0.2) is 4.98 Å². The zero-order valence-electron chi connectivity index (χ0n) is 13.5. The molecule has 0 spiro atoms. The number of carbonyl (C=O) groups excluding carboxylic acids is 1. The number of benzene rings is 2. The van der Waals surface area contributed by atoms with E-state index in [1.54, 1.807) is 7.11 Å². The summed E-state index contributed by atoms with van der Waals surface area (Å²) in [5.41, 5.74) is 3.05. The van der Waals surface area contributed by atoms with E-state index >= 15 is 0 Å². The van der Waals surface area contributed by atoms with Crippen molar-refractivity contribution in [3.8, 4) is 17.0 Å². The minimum Gasteiger partial charge on any atom is -0.495 e. The van der Waals surface area contributed by atoms with Crippen molar-refractivity contribution in [1.82, 2.24) is 9.38 Å². The van der Waals surface area contributed by atoms with Crippen molar-refractivity contribution in [2.24, 2.45) is 0 Å². The van der Waals surface area contributed by atoms with Gasteiger partial charge in [0.05, 0.1) is 18.5 Å². The molecule has 0 aliphatic carbocycles. The molecule has 6 heteroatoms. The Kier molecular flexibility index (Phi) is 3.95. The molecule has 0 atom stereocenters. The van der Waals surface area contributed by atoms with E-state index in [4.69, 9.17) is 4.74 Å². The van der Waals surface area contributed by atoms with Gasteiger partial charge in [-0.2, -0.15) is 0 Å². The molecule has 0 bridgehead atoms. The lowest BCUT2D eigenvalue weighted by Crippen LogP contribution is -2.14. The molecule has 1 amide bonds. The summed E-state index contributed by atoms with van der Waals surface area (Å²) in [5, 5.41) is 4.71. The first-order valence-corrected chi connectivity index (χ1v) is 8.60. The number of methoxy groups -OCH3 is 1. The van der Waals surface area contributed by atoms with Gasteiger partial charge in [-0.3, -0.25) is 9.20 Å². The van der Waals surface area contributed by atoms with Gasteiger partial charge in [0.15, 0.2) is 4.96 Å². The molecule has 0 saturated heterocycles. The van der Waals surface area contributed by atoms with Crippen LogP contribution >= 0.6 is 11.3 Å². The maximum absolute atomic E-state index is 12.7. The number of thiazole rings is 1. The van der Waals surface area contributed by atoms with Crippen LogP contribution in [0.2, 0.25) is 0 Å². The largest absolute Gasteiger partial charge is 0.495 e. The highest BCUT2D eigenvalue weighted by Crippen LogP contribution is 2.26. The summed E-state index contributed by atoms with van der Waals surface area (Å²) < 4.78 is 7.10. The molecule has 0 unspecified atom stereocenters. The molecule has 0 aliphatic rings. The zero-order valence-corrected chi connectivity index (χ0v) is 14.3. The van der Waals surface area contributed by atoms with Gasteiger partial charge in [-0.05, 0) is 12.1 Å². The van der Waals surface area contributed by atoms with Crippen LogP contribution in [0.3, 0.4) is 0 Å². The summed E-state index contributed by atoms with van der Waals surface area (Å²) in [6.45, 7) is 0. The molecular formula is C19H15N3O2S. The van der Waals surface area contributed by atoms with Crippen molar-refractivity contribution in [3.63, 3.8) is 0 Å². The molecule has 5 nitrogen and oxygen atoms in total. The van der Waals surface area contributed by atoms with Gasteiger partial charge in [0.25, 0.3) is 5.91 Å². The average Bonchev–Trinajstić information content (AvgIpc) is 3.23. The fourth-order valence-corrected chi connectivity index (χ4v) is 3.48. The third-order valence-corrected chi connectivity index (χ3v) is 4.71. The number of ether oxygens (including phenoxy) is 1. The van der Waals surface area contributed by atoms with E-state index < -0.39 is 0 Å². The van der Waals surface area contributed by atoms with E-state index in [0.29, 0.717) is 17.1 Å². The number of rotatable bonds is 4. The highest BCUT2D eigenvalue weighted by molar-refractivity contribution is 7.15. The zero-order chi connectivity index (χ0) is 17.2. The van der Waals surface area contributed by atoms with E-state index in [1.165, 1.54) is 11.3 Å². The van der Waals surface area contributed by atoms with E-state index in [1.807, 2.05) is 70.6 Å². The van der Waals surface area contributed by atoms with Crippen molar-refractivity contribution in [3.05, 3.63) is 71.9 Å². The number of fused-ring (bicyclic) bond motifs is 1. The number of imidazole rings is 1. The number of nitrogens with zero attached hydrogens (tertiary/aromatic N) is 2. The molecule has 4 aromatic rings. The van der Waals surface area contributed by atoms with Crippen LogP contribution in [0.5, 0.6) is 5.75 Å². The van der Waals surface area contributed by atoms with Crippen molar-refractivity contribution in [2.45, 2.75) is 0 Å². The van der Waals surface area contributed by atoms with Crippen LogP contribution in [-0.4, -0.2) is 22.4 Å². The third-order valence-electron chi connectivity index (χ3n) is 3.87. The van der Waals surface area contributed by atoms with E-state index in [9.17, 15) is 4.79 Å². The smallest absolute Gasteiger partial charge is 0.273 e. The first kappa shape index (κ1) is 15.4. The second kappa shape index (κ2) is 6.41. The van der Waals surface area contributed by atoms with Crippen LogP contribution in [0, 0.1) is 0 Å². The van der Waals surface area contributed by atoms with Crippen LogP contribution in [0.4, 0.5) is 5.69 Å². The molecule has 2 aromatic heterocycles. The highest BCUT2D eigenvalue weighted by atomic mass is 32.1. The maximum Gasteiger partial charge on any atom is 0.273 e. The molecule has 2 heterocycles. The first-order chi connectivity index (χ1) is 12.3. The fraction of sp³-hybridized carbons (Fsp3) is 0.0526. The number of carbonyl (C=O) groups is 1. The molecule has 2 aromatic carbocycles. The molecule has 124 valence electrons. The standard InChI is InChI=1S/C19H15N3O2S/c1-24-17-10-6-5-9-14(17)20-18(23)16-12-25-19-21-15(11-22(16)19)13-7-3-2-4-8-13/h2-12H,1H3,(H,20,23). The molecule has 0 saturated carbocycles. The molecule has 0 aliphatic heterocycles. The van der Waals surface area contributed by atoms with Gasteiger partial charge < -0.3 is 10.1 Å². The Labute approximate surface area is 148 Å². The van der Waals surface area contributed by atoms with Gasteiger partial charge in [0, 0.05) is 17.1 Å². The fourth-order valence-electron chi connectivity index (χ4n) is 2.63. The molecule has 25 heavy (non-hydrogen) atoms. The van der Waals surface area contributed by atoms with Crippen LogP contribution < -0.4 is 10.1 Å². The molecule has 1 N–H and O–H groups in total. The number of nitrogens with one attached hydrogen (secondary N) is 1. The summed E-state index contributed by atoms with van der Waals surface area (Å²) in [4.78, 5) is 18.1. The summed E-state index contributed by atoms with van der Waals surface area (Å²) in [5.74, 6) is 0.422. The van der Waals surface area contributed by atoms with Crippen molar-refractivity contribution >= 4 is 27.9 Å². The summed E-state index contributed by atoms with van der Waals surface area (Å²) >= 11 is 1.44. The number of aromatic nitrogens is 2. The highest BCUT2D eigenvalue weighted by Gasteiger charge is 2.16. The Morgan fingerprint density at radius 2 is 1.88 bits per heavy atom. The first-order valence-electron chi connectivity index (χ1n) is 7.72. The van der Waals surface area contributed by atoms with E-state index in [0.717, 1.165) is 16.2 Å². The number of amides is 1. The lowest BCUT2D eigenvalue weighted by atomic mass is 10.2. The minimum absolute atomic E-state index is 0.201. The number of hydrogen-bond acceptors (Lipinski definition) is 4. The van der Waals surface area contributed by atoms with Crippen LogP contribution in [0.25, 0.3) is 16.2 Å². The minimum atomic E-state index is -0.201. The second-order valence-electron chi connectivity index (χ2n) is 5.42. The van der Waals surface area contributed by atoms with Crippen molar-refractivity contribution in [1.29, 1.82) is 0 Å². The SMILES string of the molecule is COc1ccccc1NC(=O)c1csc2nc(-c3ccccc3)cn12. The van der Waals surface area contributed by atoms with Gasteiger partial charge >= 0.3 is 0 Å². The Morgan fingerprint density at radius 3 is 2.68 bits per heavy atom. The number of anilines is 1. The lowest BCUT2D eigenvalue weighted by Gasteiger charge is -2.09. The summed E-state index contributed by atoms with van der Waals surface area (Å²) in [7, 11) is 1.58. The average molecular weight is 349 g/mol. The Bertz CT molecular complexity index is 1040. The van der Waals surface area contributed by atoms with E-state index in [2.05, 4.69) is 10.3 Å². The lowest BCUT2D eigenvalue weighted by molar-refractivity contribution is 0.102. The van der Waals surface area contributed by atoms with Crippen LogP contribution in [0.1, 0.15) is 10.5 Å². The normalized spacial score (nSPS) is 10.8. The van der Waals surface area contributed by atoms with Crippen LogP contribution in [-0.2, 0) is 0 Å². The second-order valence-corrected chi connectivity index (χ2v) is 6.26.